The van der Waals surface area contributed by atoms with Crippen molar-refractivity contribution in [1.29, 1.82) is 0 Å². The van der Waals surface area contributed by atoms with E-state index in [9.17, 15) is 44.4 Å². The van der Waals surface area contributed by atoms with Gasteiger partial charge < -0.3 is 93.7 Å². The van der Waals surface area contributed by atoms with Crippen molar-refractivity contribution >= 4 is 63.1 Å². The molecule has 0 rings (SSSR count). The molecular formula is C81H182N5O20Si4+5. The third-order valence-electron chi connectivity index (χ3n) is 18.0. The molecule has 0 spiro atoms. The molecule has 0 saturated heterocycles. The first-order valence-electron chi connectivity index (χ1n) is 41.4. The Bertz CT molecular complexity index is 2150. The Labute approximate surface area is 679 Å². The van der Waals surface area contributed by atoms with E-state index in [4.69, 9.17) is 27.2 Å². The number of aliphatic hydroxyl groups excluding tert-OH is 4. The zero-order valence-corrected chi connectivity index (χ0v) is 81.1. The van der Waals surface area contributed by atoms with Crippen molar-refractivity contribution in [3.05, 3.63) is 0 Å². The topological polar surface area (TPSA) is 268 Å². The molecule has 0 aliphatic rings. The Balaban J connectivity index is -0.000000628. The fourth-order valence-corrected chi connectivity index (χ4v) is 30.0. The standard InChI is InChI=1S/C56H132N5O10Si4.C13H26O2.4C3H6O2/c1-57(2,3)33-25-21-22-26-34-59(7,8)46-54(63)50-67-38-31-43-74(17,18)71-75(19,20)44-32-40-69-52-56(65)48-61(11,12)36-28-24-23-27-35-60(9,10)47-55(64)51-68-39-30-42-73(15,16)70-72(13,14)41-29-37-66-49-53(62)45-58(4,5)6;1-3-4-5-6-7-8-9-10-11-12-13(14)15-2;4*1-3(4)5-2/h53-56,62-65H,21-52H2,1-20H3;3-12H2,1-2H3;4*1-2H3/q+5;;;;;. The SMILES string of the molecule is CCCCCCCCCCCC(=O)OC.COC(C)=O.COC(C)=O.COC(C)=O.COC(C)=O.C[N+](C)(C)CCCCCC[N+](C)(C)CC(O)COCCC[Si](C)(C)O[Si](C)(C)CCCOCC(O)C[N+](C)(C)CCCCCC[N+](C)(C)CC(O)COCCC[Si](C)(C)O[Si](C)(C)CCCOCC(O)C[N+](C)(C)C. The number of hydrogen-bond donors (Lipinski definition) is 4. The lowest BCUT2D eigenvalue weighted by atomic mass is 10.1. The van der Waals surface area contributed by atoms with Gasteiger partial charge in [-0.3, -0.25) is 24.0 Å². The van der Waals surface area contributed by atoms with Gasteiger partial charge in [0.1, 0.15) is 50.6 Å². The van der Waals surface area contributed by atoms with Gasteiger partial charge in [-0.1, -0.05) is 58.3 Å². The van der Waals surface area contributed by atoms with Crippen molar-refractivity contribution < 1.29 is 118 Å². The molecule has 4 unspecified atom stereocenters. The van der Waals surface area contributed by atoms with Crippen molar-refractivity contribution in [3.63, 3.8) is 0 Å². The first-order chi connectivity index (χ1) is 50.6. The third kappa shape index (κ3) is 98.0. The lowest BCUT2D eigenvalue weighted by molar-refractivity contribution is -0.894. The highest BCUT2D eigenvalue weighted by Gasteiger charge is 2.34. The monoisotopic (exact) mass is 1660 g/mol. The van der Waals surface area contributed by atoms with E-state index in [1.807, 2.05) is 0 Å². The predicted octanol–water partition coefficient (Wildman–Crippen LogP) is 12.5. The second kappa shape index (κ2) is 68.7. The van der Waals surface area contributed by atoms with Crippen LogP contribution in [-0.4, -0.2) is 356 Å². The number of unbranched alkanes of at least 4 members (excludes halogenated alkanes) is 14. The van der Waals surface area contributed by atoms with Gasteiger partial charge in [-0.15, -0.1) is 0 Å². The van der Waals surface area contributed by atoms with Gasteiger partial charge in [-0.2, -0.15) is 0 Å². The fourth-order valence-electron chi connectivity index (χ4n) is 12.4. The summed E-state index contributed by atoms with van der Waals surface area (Å²) >= 11 is 0. The normalized spacial score (nSPS) is 13.3. The van der Waals surface area contributed by atoms with Gasteiger partial charge in [0.05, 0.1) is 173 Å². The molecule has 4 N–H and O–H groups in total. The number of ether oxygens (including phenoxy) is 9. The van der Waals surface area contributed by atoms with Crippen molar-refractivity contribution in [2.75, 3.05) is 225 Å². The first kappa shape index (κ1) is 118. The minimum atomic E-state index is -1.86. The summed E-state index contributed by atoms with van der Waals surface area (Å²) in [5, 5.41) is 42.6. The molecule has 0 radical (unpaired) electrons. The molecule has 0 aliphatic carbocycles. The molecule has 0 saturated carbocycles. The number of carbonyl (C=O) groups excluding carboxylic acids is 5. The fraction of sp³-hybridized carbons (Fsp3) is 0.938. The van der Waals surface area contributed by atoms with Crippen LogP contribution in [-0.2, 0) is 74.8 Å². The Hall–Kier alpha value is -2.38. The first-order valence-corrected chi connectivity index (χ1v) is 53.8. The Morgan fingerprint density at radius 2 is 0.518 bits per heavy atom. The van der Waals surface area contributed by atoms with Crippen LogP contribution in [0.15, 0.2) is 0 Å². The molecule has 0 bridgehead atoms. The van der Waals surface area contributed by atoms with E-state index in [2.05, 4.69) is 168 Å². The van der Waals surface area contributed by atoms with Gasteiger partial charge >= 0.3 is 29.8 Å². The zero-order chi connectivity index (χ0) is 86.2. The summed E-state index contributed by atoms with van der Waals surface area (Å²) in [6, 6.07) is 4.19. The van der Waals surface area contributed by atoms with Gasteiger partial charge in [0.15, 0.2) is 33.3 Å². The number of hydrogen-bond acceptors (Lipinski definition) is 20. The van der Waals surface area contributed by atoms with Crippen LogP contribution < -0.4 is 0 Å². The van der Waals surface area contributed by atoms with Crippen LogP contribution >= 0.6 is 0 Å². The molecule has 25 nitrogen and oxygen atoms in total. The van der Waals surface area contributed by atoms with Crippen LogP contribution in [0.1, 0.15) is 176 Å². The Morgan fingerprint density at radius 3 is 0.736 bits per heavy atom. The number of methoxy groups -OCH3 is 5. The van der Waals surface area contributed by atoms with Gasteiger partial charge in [0, 0.05) is 60.5 Å². The highest BCUT2D eigenvalue weighted by molar-refractivity contribution is 6.85. The van der Waals surface area contributed by atoms with Crippen LogP contribution in [0.2, 0.25) is 76.6 Å². The van der Waals surface area contributed by atoms with E-state index in [-0.39, 0.29) is 29.8 Å². The number of esters is 5. The number of nitrogens with zero attached hydrogens (tertiary/aromatic N) is 5. The molecule has 29 heteroatoms. The predicted molar refractivity (Wildman–Crippen MR) is 460 cm³/mol. The number of rotatable bonds is 60. The van der Waals surface area contributed by atoms with Crippen molar-refractivity contribution in [1.82, 2.24) is 0 Å². The summed E-state index contributed by atoms with van der Waals surface area (Å²) in [7, 11) is 25.8. The Kier molecular flexibility index (Phi) is 73.9. The summed E-state index contributed by atoms with van der Waals surface area (Å²) in [5.74, 6) is -1.05. The van der Waals surface area contributed by atoms with Gasteiger partial charge in [-0.05, 0) is 160 Å². The van der Waals surface area contributed by atoms with Crippen molar-refractivity contribution in [2.24, 2.45) is 0 Å². The van der Waals surface area contributed by atoms with Crippen LogP contribution in [0, 0.1) is 0 Å². The van der Waals surface area contributed by atoms with E-state index >= 15 is 0 Å². The summed E-state index contributed by atoms with van der Waals surface area (Å²) in [4.78, 5) is 49.2. The van der Waals surface area contributed by atoms with Crippen LogP contribution in [0.5, 0.6) is 0 Å². The molecular weight excluding hydrogens is 1480 g/mol. The number of carbonyl (C=O) groups is 5. The number of aliphatic hydroxyl groups is 4. The highest BCUT2D eigenvalue weighted by atomic mass is 28.4. The third-order valence-corrected chi connectivity index (χ3v) is 33.0. The maximum absolute atomic E-state index is 10.9. The van der Waals surface area contributed by atoms with E-state index in [1.54, 1.807) is 0 Å². The molecule has 0 aromatic carbocycles. The molecule has 0 fully saturated rings. The molecule has 0 aliphatic heterocycles. The van der Waals surface area contributed by atoms with Crippen molar-refractivity contribution in [2.45, 2.75) is 277 Å². The minimum Gasteiger partial charge on any atom is -0.469 e. The van der Waals surface area contributed by atoms with E-state index in [0.29, 0.717) is 78.9 Å². The maximum atomic E-state index is 10.9. The lowest BCUT2D eigenvalue weighted by Gasteiger charge is -2.34. The van der Waals surface area contributed by atoms with E-state index in [0.717, 1.165) is 131 Å². The van der Waals surface area contributed by atoms with Crippen LogP contribution in [0.3, 0.4) is 0 Å². The summed E-state index contributed by atoms with van der Waals surface area (Å²) in [6.07, 6.45) is 23.7. The molecule has 110 heavy (non-hydrogen) atoms. The molecule has 4 atom stereocenters. The quantitative estimate of drug-likeness (QED) is 0.0145. The average Bonchev–Trinajstić information content (AvgIpc) is 0.870. The maximum Gasteiger partial charge on any atom is 0.305 e. The molecule has 662 valence electrons. The zero-order valence-electron chi connectivity index (χ0n) is 77.1. The second-order valence-corrected chi connectivity index (χ2v) is 54.1. The van der Waals surface area contributed by atoms with E-state index in [1.165, 1.54) is 147 Å². The van der Waals surface area contributed by atoms with Crippen LogP contribution in [0.4, 0.5) is 0 Å². The average molecular weight is 1660 g/mol. The van der Waals surface area contributed by atoms with Gasteiger partial charge in [-0.25, -0.2) is 0 Å². The minimum absolute atomic E-state index is 0.0713. The largest absolute Gasteiger partial charge is 0.469 e. The lowest BCUT2D eigenvalue weighted by Crippen LogP contribution is -2.47. The summed E-state index contributed by atoms with van der Waals surface area (Å²) in [5.41, 5.74) is 0. The Morgan fingerprint density at radius 1 is 0.300 bits per heavy atom. The molecule has 0 amide bonds. The molecule has 0 aromatic rings. The van der Waals surface area contributed by atoms with Crippen molar-refractivity contribution in [3.8, 4) is 0 Å². The van der Waals surface area contributed by atoms with E-state index < -0.39 is 57.7 Å². The van der Waals surface area contributed by atoms with Gasteiger partial charge in [0.25, 0.3) is 0 Å². The van der Waals surface area contributed by atoms with Gasteiger partial charge in [0.2, 0.25) is 0 Å². The smallest absolute Gasteiger partial charge is 0.305 e. The summed E-state index contributed by atoms with van der Waals surface area (Å²) in [6.45, 7) is 37.5. The molecule has 0 aromatic heterocycles. The van der Waals surface area contributed by atoms with Crippen LogP contribution in [0.25, 0.3) is 0 Å². The number of likely N-dealkylation sites (N-methyl/N-ethyl adjacent to an activating group) is 4. The second-order valence-electron chi connectivity index (χ2n) is 36.4. The summed E-state index contributed by atoms with van der Waals surface area (Å²) < 4.78 is 62.6. The number of quaternary nitrogens is 5. The molecule has 0 heterocycles. The highest BCUT2D eigenvalue weighted by Crippen LogP contribution is 2.26.